The van der Waals surface area contributed by atoms with Crippen LogP contribution in [0.2, 0.25) is 0 Å². The average molecular weight is 264 g/mol. The zero-order valence-electron chi connectivity index (χ0n) is 12.0. The Labute approximate surface area is 115 Å². The fourth-order valence-corrected chi connectivity index (χ4v) is 1.70. The van der Waals surface area contributed by atoms with Gasteiger partial charge in [0.2, 0.25) is 0 Å². The molecule has 106 valence electrons. The molecular weight excluding hydrogens is 240 g/mol. The highest BCUT2D eigenvalue weighted by atomic mass is 16.5. The Kier molecular flexibility index (Phi) is 6.36. The molecule has 0 aliphatic rings. The third kappa shape index (κ3) is 5.75. The van der Waals surface area contributed by atoms with Crippen LogP contribution in [0.3, 0.4) is 0 Å². The number of hydrogen-bond donors (Lipinski definition) is 2. The molecule has 0 fully saturated rings. The smallest absolute Gasteiger partial charge is 0.260 e. The van der Waals surface area contributed by atoms with Gasteiger partial charge in [-0.1, -0.05) is 12.1 Å². The fraction of sp³-hybridized carbons (Fsp3) is 0.533. The summed E-state index contributed by atoms with van der Waals surface area (Å²) in [5.74, 6) is 0.617. The monoisotopic (exact) mass is 264 g/mol. The van der Waals surface area contributed by atoms with Crippen LogP contribution in [0.5, 0.6) is 5.75 Å². The maximum absolute atomic E-state index is 11.5. The van der Waals surface area contributed by atoms with Crippen molar-refractivity contribution in [3.8, 4) is 5.75 Å². The lowest BCUT2D eigenvalue weighted by Gasteiger charge is -2.14. The zero-order chi connectivity index (χ0) is 14.3. The molecule has 0 heterocycles. The summed E-state index contributed by atoms with van der Waals surface area (Å²) in [4.78, 5) is 11.5. The van der Waals surface area contributed by atoms with Gasteiger partial charge in [-0.05, 0) is 51.3 Å². The Morgan fingerprint density at radius 1 is 1.32 bits per heavy atom. The Balaban J connectivity index is 2.49. The van der Waals surface area contributed by atoms with Gasteiger partial charge in [0, 0.05) is 12.6 Å². The summed E-state index contributed by atoms with van der Waals surface area (Å²) in [6.45, 7) is 6.25. The molecule has 3 N–H and O–H groups in total. The van der Waals surface area contributed by atoms with E-state index >= 15 is 0 Å². The SMILES string of the molecule is CCNC(=O)C(C)Oc1ccc(CCC(C)N)cc1. The van der Waals surface area contributed by atoms with E-state index in [9.17, 15) is 4.79 Å². The molecule has 19 heavy (non-hydrogen) atoms. The van der Waals surface area contributed by atoms with Crippen molar-refractivity contribution in [1.82, 2.24) is 5.32 Å². The third-order valence-corrected chi connectivity index (χ3v) is 2.84. The van der Waals surface area contributed by atoms with Gasteiger partial charge in [0.15, 0.2) is 6.10 Å². The van der Waals surface area contributed by atoms with Crippen molar-refractivity contribution in [2.24, 2.45) is 5.73 Å². The van der Waals surface area contributed by atoms with Crippen LogP contribution in [0.25, 0.3) is 0 Å². The highest BCUT2D eigenvalue weighted by Crippen LogP contribution is 2.15. The van der Waals surface area contributed by atoms with E-state index in [0.29, 0.717) is 12.3 Å². The van der Waals surface area contributed by atoms with Crippen molar-refractivity contribution in [2.45, 2.75) is 45.8 Å². The van der Waals surface area contributed by atoms with Crippen LogP contribution in [0.15, 0.2) is 24.3 Å². The van der Waals surface area contributed by atoms with E-state index in [-0.39, 0.29) is 11.9 Å². The Bertz CT molecular complexity index is 388. The van der Waals surface area contributed by atoms with Gasteiger partial charge in [-0.2, -0.15) is 0 Å². The molecule has 1 aromatic carbocycles. The summed E-state index contributed by atoms with van der Waals surface area (Å²) in [5, 5.41) is 2.73. The van der Waals surface area contributed by atoms with E-state index < -0.39 is 6.10 Å². The number of likely N-dealkylation sites (N-methyl/N-ethyl adjacent to an activating group) is 1. The van der Waals surface area contributed by atoms with Gasteiger partial charge in [0.05, 0.1) is 0 Å². The van der Waals surface area contributed by atoms with Crippen LogP contribution in [0.4, 0.5) is 0 Å². The quantitative estimate of drug-likeness (QED) is 0.790. The first-order valence-corrected chi connectivity index (χ1v) is 6.81. The second-order valence-electron chi connectivity index (χ2n) is 4.81. The molecule has 1 amide bonds. The molecule has 2 atom stereocenters. The lowest BCUT2D eigenvalue weighted by molar-refractivity contribution is -0.127. The number of ether oxygens (including phenoxy) is 1. The number of carbonyl (C=O) groups is 1. The van der Waals surface area contributed by atoms with Crippen molar-refractivity contribution in [1.29, 1.82) is 0 Å². The van der Waals surface area contributed by atoms with Crippen LogP contribution < -0.4 is 15.8 Å². The molecule has 0 aliphatic heterocycles. The number of carbonyl (C=O) groups excluding carboxylic acids is 1. The molecule has 0 aromatic heterocycles. The van der Waals surface area contributed by atoms with Gasteiger partial charge >= 0.3 is 0 Å². The lowest BCUT2D eigenvalue weighted by atomic mass is 10.1. The Hall–Kier alpha value is -1.55. The number of nitrogens with two attached hydrogens (primary N) is 1. The standard InChI is InChI=1S/C15H24N2O2/c1-4-17-15(18)12(3)19-14-9-7-13(8-10-14)6-5-11(2)16/h7-12H,4-6,16H2,1-3H3,(H,17,18). The van der Waals surface area contributed by atoms with Crippen molar-refractivity contribution >= 4 is 5.91 Å². The first-order valence-electron chi connectivity index (χ1n) is 6.81. The zero-order valence-corrected chi connectivity index (χ0v) is 12.0. The molecule has 0 saturated heterocycles. The summed E-state index contributed by atoms with van der Waals surface area (Å²) in [5.41, 5.74) is 6.96. The second kappa shape index (κ2) is 7.79. The molecule has 0 saturated carbocycles. The van der Waals surface area contributed by atoms with Gasteiger partial charge in [0.1, 0.15) is 5.75 Å². The van der Waals surface area contributed by atoms with E-state index in [1.54, 1.807) is 6.92 Å². The van der Waals surface area contributed by atoms with Crippen LogP contribution >= 0.6 is 0 Å². The van der Waals surface area contributed by atoms with E-state index in [2.05, 4.69) is 5.32 Å². The van der Waals surface area contributed by atoms with Crippen molar-refractivity contribution in [3.63, 3.8) is 0 Å². The Morgan fingerprint density at radius 3 is 2.47 bits per heavy atom. The number of nitrogens with one attached hydrogen (secondary N) is 1. The molecule has 4 heteroatoms. The predicted molar refractivity (Wildman–Crippen MR) is 77.2 cm³/mol. The van der Waals surface area contributed by atoms with E-state index in [1.807, 2.05) is 38.1 Å². The normalized spacial score (nSPS) is 13.7. The Morgan fingerprint density at radius 2 is 1.95 bits per heavy atom. The van der Waals surface area contributed by atoms with E-state index in [4.69, 9.17) is 10.5 Å². The predicted octanol–water partition coefficient (Wildman–Crippen LogP) is 1.87. The molecule has 4 nitrogen and oxygen atoms in total. The average Bonchev–Trinajstić information content (AvgIpc) is 2.38. The van der Waals surface area contributed by atoms with Gasteiger partial charge in [-0.3, -0.25) is 4.79 Å². The summed E-state index contributed by atoms with van der Waals surface area (Å²) < 4.78 is 5.57. The second-order valence-corrected chi connectivity index (χ2v) is 4.81. The first kappa shape index (κ1) is 15.5. The minimum atomic E-state index is -0.477. The minimum Gasteiger partial charge on any atom is -0.481 e. The lowest BCUT2D eigenvalue weighted by Crippen LogP contribution is -2.36. The van der Waals surface area contributed by atoms with Crippen molar-refractivity contribution in [3.05, 3.63) is 29.8 Å². The topological polar surface area (TPSA) is 64.3 Å². The van der Waals surface area contributed by atoms with Crippen LogP contribution in [0, 0.1) is 0 Å². The summed E-state index contributed by atoms with van der Waals surface area (Å²) in [7, 11) is 0. The molecule has 0 aliphatic carbocycles. The van der Waals surface area contributed by atoms with E-state index in [0.717, 1.165) is 12.8 Å². The largest absolute Gasteiger partial charge is 0.481 e. The first-order chi connectivity index (χ1) is 9.02. The van der Waals surface area contributed by atoms with Gasteiger partial charge in [0.25, 0.3) is 5.91 Å². The van der Waals surface area contributed by atoms with Crippen LogP contribution in [0.1, 0.15) is 32.8 Å². The maximum Gasteiger partial charge on any atom is 0.260 e. The highest BCUT2D eigenvalue weighted by Gasteiger charge is 2.13. The van der Waals surface area contributed by atoms with Crippen molar-refractivity contribution < 1.29 is 9.53 Å². The molecule has 1 aromatic rings. The van der Waals surface area contributed by atoms with E-state index in [1.165, 1.54) is 5.56 Å². The summed E-state index contributed by atoms with van der Waals surface area (Å²) in [6.07, 6.45) is 1.45. The van der Waals surface area contributed by atoms with Crippen LogP contribution in [-0.2, 0) is 11.2 Å². The number of benzene rings is 1. The molecule has 0 spiro atoms. The van der Waals surface area contributed by atoms with Gasteiger partial charge in [-0.25, -0.2) is 0 Å². The fourth-order valence-electron chi connectivity index (χ4n) is 1.70. The number of hydrogen-bond acceptors (Lipinski definition) is 3. The number of aryl methyl sites for hydroxylation is 1. The third-order valence-electron chi connectivity index (χ3n) is 2.84. The van der Waals surface area contributed by atoms with Gasteiger partial charge < -0.3 is 15.8 Å². The molecule has 0 bridgehead atoms. The molecular formula is C15H24N2O2. The van der Waals surface area contributed by atoms with Crippen LogP contribution in [-0.4, -0.2) is 24.6 Å². The molecule has 2 unspecified atom stereocenters. The number of amides is 1. The highest BCUT2D eigenvalue weighted by molar-refractivity contribution is 5.80. The summed E-state index contributed by atoms with van der Waals surface area (Å²) >= 11 is 0. The molecule has 0 radical (unpaired) electrons. The molecule has 1 rings (SSSR count). The maximum atomic E-state index is 11.5. The summed E-state index contributed by atoms with van der Waals surface area (Å²) in [6, 6.07) is 8.04. The minimum absolute atomic E-state index is 0.0940. The van der Waals surface area contributed by atoms with Crippen molar-refractivity contribution in [2.75, 3.05) is 6.54 Å². The number of rotatable bonds is 7. The van der Waals surface area contributed by atoms with Gasteiger partial charge in [-0.15, -0.1) is 0 Å².